The quantitative estimate of drug-likeness (QED) is 0.914. The van der Waals surface area contributed by atoms with Gasteiger partial charge in [0.2, 0.25) is 0 Å². The highest BCUT2D eigenvalue weighted by molar-refractivity contribution is 6.06. The van der Waals surface area contributed by atoms with Crippen molar-refractivity contribution in [3.05, 3.63) is 58.9 Å². The van der Waals surface area contributed by atoms with Crippen LogP contribution in [-0.2, 0) is 0 Å². The smallest absolute Gasteiger partial charge is 0.257 e. The van der Waals surface area contributed by atoms with E-state index < -0.39 is 0 Å². The number of hydrogen-bond acceptors (Lipinski definition) is 3. The molecule has 1 aromatic heterocycles. The van der Waals surface area contributed by atoms with Crippen LogP contribution in [0.3, 0.4) is 0 Å². The summed E-state index contributed by atoms with van der Waals surface area (Å²) < 4.78 is 0. The van der Waals surface area contributed by atoms with Crippen LogP contribution in [0.4, 0.5) is 5.69 Å². The Labute approximate surface area is 154 Å². The lowest BCUT2D eigenvalue weighted by atomic mass is 9.98. The van der Waals surface area contributed by atoms with Crippen molar-refractivity contribution in [3.63, 3.8) is 0 Å². The van der Waals surface area contributed by atoms with Crippen molar-refractivity contribution in [2.45, 2.75) is 33.6 Å². The normalized spacial score (nSPS) is 15.0. The van der Waals surface area contributed by atoms with Gasteiger partial charge in [0, 0.05) is 31.2 Å². The number of anilines is 1. The fourth-order valence-corrected chi connectivity index (χ4v) is 3.14. The average molecular weight is 351 g/mol. The maximum absolute atomic E-state index is 12.7. The molecule has 2 aromatic rings. The van der Waals surface area contributed by atoms with Gasteiger partial charge in [-0.05, 0) is 55.9 Å². The molecule has 0 bridgehead atoms. The summed E-state index contributed by atoms with van der Waals surface area (Å²) in [7, 11) is 0. The first kappa shape index (κ1) is 18.1. The third-order valence-electron chi connectivity index (χ3n) is 4.96. The molecule has 2 amide bonds. The molecule has 0 radical (unpaired) electrons. The fraction of sp³-hybridized carbons (Fsp3) is 0.381. The van der Waals surface area contributed by atoms with Crippen LogP contribution in [0.5, 0.6) is 0 Å². The highest BCUT2D eigenvalue weighted by Gasteiger charge is 2.22. The molecule has 1 saturated heterocycles. The molecule has 0 saturated carbocycles. The molecule has 1 aromatic carbocycles. The Morgan fingerprint density at radius 1 is 1.08 bits per heavy atom. The molecule has 0 spiro atoms. The van der Waals surface area contributed by atoms with E-state index in [1.165, 1.54) is 12.4 Å². The summed E-state index contributed by atoms with van der Waals surface area (Å²) in [6.45, 7) is 7.67. The van der Waals surface area contributed by atoms with E-state index in [4.69, 9.17) is 0 Å². The van der Waals surface area contributed by atoms with Gasteiger partial charge in [-0.15, -0.1) is 0 Å². The molecule has 1 N–H and O–H groups in total. The van der Waals surface area contributed by atoms with E-state index in [0.29, 0.717) is 17.0 Å². The van der Waals surface area contributed by atoms with Crippen LogP contribution in [-0.4, -0.2) is 34.8 Å². The molecule has 26 heavy (non-hydrogen) atoms. The number of aryl methyl sites for hydroxylation is 2. The van der Waals surface area contributed by atoms with Crippen molar-refractivity contribution < 1.29 is 9.59 Å². The molecule has 1 aliphatic rings. The third-order valence-corrected chi connectivity index (χ3v) is 4.96. The number of pyridine rings is 1. The molecule has 5 heteroatoms. The van der Waals surface area contributed by atoms with Gasteiger partial charge in [-0.25, -0.2) is 0 Å². The summed E-state index contributed by atoms with van der Waals surface area (Å²) in [4.78, 5) is 31.2. The van der Waals surface area contributed by atoms with Crippen LogP contribution in [0, 0.1) is 19.8 Å². The lowest BCUT2D eigenvalue weighted by Crippen LogP contribution is -2.38. The Hall–Kier alpha value is -2.69. The van der Waals surface area contributed by atoms with Gasteiger partial charge >= 0.3 is 0 Å². The van der Waals surface area contributed by atoms with Gasteiger partial charge in [-0.2, -0.15) is 0 Å². The van der Waals surface area contributed by atoms with Crippen molar-refractivity contribution in [1.29, 1.82) is 0 Å². The summed E-state index contributed by atoms with van der Waals surface area (Å²) in [5.41, 5.74) is 3.70. The molecular weight excluding hydrogens is 326 g/mol. The number of nitrogens with zero attached hydrogens (tertiary/aromatic N) is 2. The highest BCUT2D eigenvalue weighted by atomic mass is 16.2. The predicted molar refractivity (Wildman–Crippen MR) is 102 cm³/mol. The van der Waals surface area contributed by atoms with Crippen molar-refractivity contribution in [3.8, 4) is 0 Å². The Balaban J connectivity index is 1.75. The van der Waals surface area contributed by atoms with Gasteiger partial charge in [-0.1, -0.05) is 19.1 Å². The van der Waals surface area contributed by atoms with Gasteiger partial charge in [0.15, 0.2) is 0 Å². The number of hydrogen-bond donors (Lipinski definition) is 1. The summed E-state index contributed by atoms with van der Waals surface area (Å²) in [6, 6.07) is 7.55. The summed E-state index contributed by atoms with van der Waals surface area (Å²) >= 11 is 0. The van der Waals surface area contributed by atoms with Gasteiger partial charge in [0.25, 0.3) is 11.8 Å². The standard InChI is InChI=1S/C21H25N3O2/c1-14-6-8-24(9-7-14)21(26)18-11-17(12-22-13-18)20(25)23-19-10-15(2)4-5-16(19)3/h4-5,10-14H,6-9H2,1-3H3,(H,23,25). The zero-order chi connectivity index (χ0) is 18.7. The minimum absolute atomic E-state index is 0.0502. The first-order chi connectivity index (χ1) is 12.4. The number of nitrogens with one attached hydrogen (secondary N) is 1. The summed E-state index contributed by atoms with van der Waals surface area (Å²) in [6.07, 6.45) is 5.07. The Morgan fingerprint density at radius 2 is 1.77 bits per heavy atom. The van der Waals surface area contributed by atoms with Crippen LogP contribution in [0.2, 0.25) is 0 Å². The number of likely N-dealkylation sites (tertiary alicyclic amines) is 1. The Morgan fingerprint density at radius 3 is 2.50 bits per heavy atom. The van der Waals surface area contributed by atoms with Crippen molar-refractivity contribution in [2.75, 3.05) is 18.4 Å². The molecule has 1 fully saturated rings. The number of carbonyl (C=O) groups excluding carboxylic acids is 2. The van der Waals surface area contributed by atoms with E-state index in [2.05, 4.69) is 17.2 Å². The first-order valence-electron chi connectivity index (χ1n) is 9.07. The molecule has 0 aliphatic carbocycles. The summed E-state index contributed by atoms with van der Waals surface area (Å²) in [5, 5.41) is 2.91. The fourth-order valence-electron chi connectivity index (χ4n) is 3.14. The molecule has 2 heterocycles. The maximum atomic E-state index is 12.7. The predicted octanol–water partition coefficient (Wildman–Crippen LogP) is 3.82. The zero-order valence-corrected chi connectivity index (χ0v) is 15.6. The Bertz CT molecular complexity index is 824. The topological polar surface area (TPSA) is 62.3 Å². The van der Waals surface area contributed by atoms with Crippen LogP contribution in [0.15, 0.2) is 36.7 Å². The number of piperidine rings is 1. The van der Waals surface area contributed by atoms with Crippen LogP contribution < -0.4 is 5.32 Å². The second-order valence-electron chi connectivity index (χ2n) is 7.21. The van der Waals surface area contributed by atoms with Gasteiger partial charge in [0.05, 0.1) is 11.1 Å². The van der Waals surface area contributed by atoms with Gasteiger partial charge < -0.3 is 10.2 Å². The van der Waals surface area contributed by atoms with E-state index in [1.54, 1.807) is 6.07 Å². The number of aromatic nitrogens is 1. The number of amides is 2. The largest absolute Gasteiger partial charge is 0.339 e. The Kier molecular flexibility index (Phi) is 5.35. The van der Waals surface area contributed by atoms with Gasteiger partial charge in [0.1, 0.15) is 0 Å². The minimum Gasteiger partial charge on any atom is -0.339 e. The van der Waals surface area contributed by atoms with E-state index in [9.17, 15) is 9.59 Å². The van der Waals surface area contributed by atoms with Crippen molar-refractivity contribution in [1.82, 2.24) is 9.88 Å². The lowest BCUT2D eigenvalue weighted by Gasteiger charge is -2.30. The van der Waals surface area contributed by atoms with E-state index in [1.807, 2.05) is 36.9 Å². The molecule has 0 unspecified atom stereocenters. The second-order valence-corrected chi connectivity index (χ2v) is 7.21. The van der Waals surface area contributed by atoms with Crippen LogP contribution in [0.1, 0.15) is 51.6 Å². The number of carbonyl (C=O) groups is 2. The monoisotopic (exact) mass is 351 g/mol. The molecule has 0 atom stereocenters. The molecular formula is C21H25N3O2. The molecule has 1 aliphatic heterocycles. The zero-order valence-electron chi connectivity index (χ0n) is 15.6. The van der Waals surface area contributed by atoms with Crippen LogP contribution >= 0.6 is 0 Å². The number of benzene rings is 1. The third kappa shape index (κ3) is 4.10. The first-order valence-corrected chi connectivity index (χ1v) is 9.07. The highest BCUT2D eigenvalue weighted by Crippen LogP contribution is 2.20. The van der Waals surface area contributed by atoms with E-state index in [0.717, 1.165) is 42.7 Å². The van der Waals surface area contributed by atoms with Crippen molar-refractivity contribution >= 4 is 17.5 Å². The van der Waals surface area contributed by atoms with E-state index in [-0.39, 0.29) is 11.8 Å². The molecule has 5 nitrogen and oxygen atoms in total. The van der Waals surface area contributed by atoms with E-state index >= 15 is 0 Å². The molecule has 3 rings (SSSR count). The minimum atomic E-state index is -0.256. The SMILES string of the molecule is Cc1ccc(C)c(NC(=O)c2cncc(C(=O)N3CCC(C)CC3)c2)c1. The second kappa shape index (κ2) is 7.68. The van der Waals surface area contributed by atoms with Crippen LogP contribution in [0.25, 0.3) is 0 Å². The van der Waals surface area contributed by atoms with Crippen molar-refractivity contribution in [2.24, 2.45) is 5.92 Å². The lowest BCUT2D eigenvalue weighted by molar-refractivity contribution is 0.0697. The number of rotatable bonds is 3. The van der Waals surface area contributed by atoms with Gasteiger partial charge in [-0.3, -0.25) is 14.6 Å². The average Bonchev–Trinajstić information content (AvgIpc) is 2.65. The maximum Gasteiger partial charge on any atom is 0.257 e. The summed E-state index contributed by atoms with van der Waals surface area (Å²) in [5.74, 6) is 0.353. The molecule has 136 valence electrons.